The van der Waals surface area contributed by atoms with Gasteiger partial charge < -0.3 is 5.32 Å². The van der Waals surface area contributed by atoms with E-state index in [4.69, 9.17) is 0 Å². The highest BCUT2D eigenvalue weighted by Crippen LogP contribution is 2.25. The molecular formula is C23H23FN2O3S. The van der Waals surface area contributed by atoms with E-state index in [9.17, 15) is 17.6 Å². The normalized spacial score (nSPS) is 12.2. The second-order valence-electron chi connectivity index (χ2n) is 7.01. The second-order valence-corrected chi connectivity index (χ2v) is 8.92. The summed E-state index contributed by atoms with van der Waals surface area (Å²) in [6.07, 6.45) is 1.01. The summed E-state index contributed by atoms with van der Waals surface area (Å²) < 4.78 is 38.8. The van der Waals surface area contributed by atoms with Crippen molar-refractivity contribution in [1.29, 1.82) is 0 Å². The van der Waals surface area contributed by atoms with Crippen molar-refractivity contribution in [2.75, 3.05) is 17.1 Å². The molecule has 156 valence electrons. The average Bonchev–Trinajstić information content (AvgIpc) is 2.71. The average molecular weight is 427 g/mol. The van der Waals surface area contributed by atoms with Gasteiger partial charge in [-0.1, -0.05) is 54.6 Å². The first-order valence-corrected chi connectivity index (χ1v) is 11.2. The summed E-state index contributed by atoms with van der Waals surface area (Å²) in [5.74, 6) is -0.956. The van der Waals surface area contributed by atoms with Gasteiger partial charge in [-0.15, -0.1) is 0 Å². The van der Waals surface area contributed by atoms with Crippen LogP contribution in [0, 0.1) is 12.7 Å². The van der Waals surface area contributed by atoms with Crippen molar-refractivity contribution in [3.8, 4) is 0 Å². The van der Waals surface area contributed by atoms with E-state index in [1.807, 2.05) is 61.5 Å². The summed E-state index contributed by atoms with van der Waals surface area (Å²) in [6.45, 7) is 1.54. The number of nitrogens with zero attached hydrogens (tertiary/aromatic N) is 1. The maximum Gasteiger partial charge on any atom is 0.241 e. The molecule has 30 heavy (non-hydrogen) atoms. The van der Waals surface area contributed by atoms with Gasteiger partial charge in [0.15, 0.2) is 0 Å². The fraction of sp³-hybridized carbons (Fsp3) is 0.174. The van der Waals surface area contributed by atoms with Gasteiger partial charge >= 0.3 is 0 Å². The summed E-state index contributed by atoms with van der Waals surface area (Å²) in [7, 11) is -3.75. The number of halogens is 1. The van der Waals surface area contributed by atoms with Crippen molar-refractivity contribution in [2.45, 2.75) is 13.0 Å². The minimum absolute atomic E-state index is 0.223. The quantitative estimate of drug-likeness (QED) is 0.625. The third kappa shape index (κ3) is 5.24. The Morgan fingerprint density at radius 1 is 0.967 bits per heavy atom. The molecular weight excluding hydrogens is 403 g/mol. The number of anilines is 1. The van der Waals surface area contributed by atoms with E-state index in [2.05, 4.69) is 5.32 Å². The zero-order valence-corrected chi connectivity index (χ0v) is 17.6. The van der Waals surface area contributed by atoms with E-state index in [0.717, 1.165) is 39.4 Å². The molecule has 0 aliphatic heterocycles. The van der Waals surface area contributed by atoms with Gasteiger partial charge in [0.1, 0.15) is 12.4 Å². The van der Waals surface area contributed by atoms with E-state index >= 15 is 0 Å². The Morgan fingerprint density at radius 2 is 1.57 bits per heavy atom. The number of sulfonamides is 1. The number of benzene rings is 3. The molecule has 0 spiro atoms. The zero-order valence-electron chi connectivity index (χ0n) is 16.7. The van der Waals surface area contributed by atoms with Crippen LogP contribution in [0.2, 0.25) is 0 Å². The third-order valence-corrected chi connectivity index (χ3v) is 5.88. The molecule has 3 aromatic rings. The lowest BCUT2D eigenvalue weighted by Gasteiger charge is -2.25. The predicted octanol–water partition coefficient (Wildman–Crippen LogP) is 3.81. The molecule has 0 unspecified atom stereocenters. The minimum Gasteiger partial charge on any atom is -0.344 e. The summed E-state index contributed by atoms with van der Waals surface area (Å²) >= 11 is 0. The molecule has 0 bridgehead atoms. The van der Waals surface area contributed by atoms with Crippen molar-refractivity contribution in [3.05, 3.63) is 101 Å². The van der Waals surface area contributed by atoms with E-state index in [1.165, 1.54) is 12.1 Å². The van der Waals surface area contributed by atoms with Crippen LogP contribution in [0.4, 0.5) is 10.1 Å². The van der Waals surface area contributed by atoms with E-state index in [-0.39, 0.29) is 5.69 Å². The van der Waals surface area contributed by atoms with Crippen LogP contribution < -0.4 is 9.62 Å². The molecule has 0 aliphatic carbocycles. The molecule has 0 saturated heterocycles. The van der Waals surface area contributed by atoms with Crippen LogP contribution in [0.3, 0.4) is 0 Å². The summed E-state index contributed by atoms with van der Waals surface area (Å²) in [6, 6.07) is 21.7. The number of carbonyl (C=O) groups excluding carboxylic acids is 1. The Labute approximate surface area is 176 Å². The molecule has 1 N–H and O–H groups in total. The predicted molar refractivity (Wildman–Crippen MR) is 116 cm³/mol. The maximum atomic E-state index is 13.2. The van der Waals surface area contributed by atoms with Gasteiger partial charge in [0, 0.05) is 0 Å². The molecule has 1 atom stereocenters. The summed E-state index contributed by atoms with van der Waals surface area (Å²) in [5.41, 5.74) is 3.03. The third-order valence-electron chi connectivity index (χ3n) is 4.74. The first kappa shape index (κ1) is 21.5. The van der Waals surface area contributed by atoms with Crippen molar-refractivity contribution < 1.29 is 17.6 Å². The van der Waals surface area contributed by atoms with Gasteiger partial charge in [-0.2, -0.15) is 0 Å². The van der Waals surface area contributed by atoms with Crippen LogP contribution in [-0.2, 0) is 14.8 Å². The van der Waals surface area contributed by atoms with Crippen LogP contribution in [0.25, 0.3) is 0 Å². The maximum absolute atomic E-state index is 13.2. The highest BCUT2D eigenvalue weighted by atomic mass is 32.2. The SMILES string of the molecule is Cc1ccccc1[C@H](NC(=O)CN(c1ccc(F)cc1)S(C)(=O)=O)c1ccccc1. The van der Waals surface area contributed by atoms with E-state index < -0.39 is 34.3 Å². The molecule has 3 rings (SSSR count). The van der Waals surface area contributed by atoms with Gasteiger partial charge in [-0.05, 0) is 47.9 Å². The Bertz CT molecular complexity index is 1120. The van der Waals surface area contributed by atoms with E-state index in [1.54, 1.807) is 0 Å². The Hall–Kier alpha value is -3.19. The standard InChI is InChI=1S/C23H23FN2O3S/c1-17-8-6-7-11-21(17)23(18-9-4-3-5-10-18)25-22(27)16-26(30(2,28)29)20-14-12-19(24)13-15-20/h3-15,23H,16H2,1-2H3,(H,25,27)/t23-/m1/s1. The lowest BCUT2D eigenvalue weighted by atomic mass is 9.95. The van der Waals surface area contributed by atoms with Gasteiger partial charge in [0.25, 0.3) is 0 Å². The summed E-state index contributed by atoms with van der Waals surface area (Å²) in [4.78, 5) is 12.9. The zero-order chi connectivity index (χ0) is 21.7. The lowest BCUT2D eigenvalue weighted by molar-refractivity contribution is -0.120. The van der Waals surface area contributed by atoms with Gasteiger partial charge in [0.05, 0.1) is 18.0 Å². The van der Waals surface area contributed by atoms with Crippen molar-refractivity contribution >= 4 is 21.6 Å². The number of amides is 1. The van der Waals surface area contributed by atoms with Crippen LogP contribution in [0.5, 0.6) is 0 Å². The Balaban J connectivity index is 1.90. The number of nitrogens with one attached hydrogen (secondary N) is 1. The molecule has 0 heterocycles. The highest BCUT2D eigenvalue weighted by molar-refractivity contribution is 7.92. The topological polar surface area (TPSA) is 66.5 Å². The number of carbonyl (C=O) groups is 1. The molecule has 1 amide bonds. The van der Waals surface area contributed by atoms with Gasteiger partial charge in [-0.25, -0.2) is 12.8 Å². The molecule has 0 aromatic heterocycles. The largest absolute Gasteiger partial charge is 0.344 e. The number of hydrogen-bond donors (Lipinski definition) is 1. The first-order chi connectivity index (χ1) is 14.3. The first-order valence-electron chi connectivity index (χ1n) is 9.39. The Morgan fingerprint density at radius 3 is 2.17 bits per heavy atom. The van der Waals surface area contributed by atoms with Crippen molar-refractivity contribution in [3.63, 3.8) is 0 Å². The molecule has 0 radical (unpaired) electrons. The van der Waals surface area contributed by atoms with Crippen LogP contribution in [-0.4, -0.2) is 27.1 Å². The highest BCUT2D eigenvalue weighted by Gasteiger charge is 2.24. The number of rotatable bonds is 7. The number of hydrogen-bond acceptors (Lipinski definition) is 3. The monoisotopic (exact) mass is 426 g/mol. The Kier molecular flexibility index (Phi) is 6.52. The van der Waals surface area contributed by atoms with Crippen LogP contribution >= 0.6 is 0 Å². The molecule has 0 fully saturated rings. The fourth-order valence-electron chi connectivity index (χ4n) is 3.24. The van der Waals surface area contributed by atoms with Crippen LogP contribution in [0.15, 0.2) is 78.9 Å². The molecule has 3 aromatic carbocycles. The minimum atomic E-state index is -3.75. The molecule has 7 heteroatoms. The van der Waals surface area contributed by atoms with Crippen molar-refractivity contribution in [2.24, 2.45) is 0 Å². The second kappa shape index (κ2) is 9.09. The summed E-state index contributed by atoms with van der Waals surface area (Å²) in [5, 5.41) is 2.96. The number of aryl methyl sites for hydroxylation is 1. The van der Waals surface area contributed by atoms with Crippen LogP contribution in [0.1, 0.15) is 22.7 Å². The fourth-order valence-corrected chi connectivity index (χ4v) is 4.10. The smallest absolute Gasteiger partial charge is 0.241 e. The van der Waals surface area contributed by atoms with Gasteiger partial charge in [-0.3, -0.25) is 9.10 Å². The molecule has 0 saturated carbocycles. The van der Waals surface area contributed by atoms with E-state index in [0.29, 0.717) is 0 Å². The molecule has 0 aliphatic rings. The lowest BCUT2D eigenvalue weighted by Crippen LogP contribution is -2.42. The van der Waals surface area contributed by atoms with Gasteiger partial charge in [0.2, 0.25) is 15.9 Å². The molecule has 5 nitrogen and oxygen atoms in total. The van der Waals surface area contributed by atoms with Crippen molar-refractivity contribution in [1.82, 2.24) is 5.32 Å².